The second-order valence-electron chi connectivity index (χ2n) is 3.46. The van der Waals surface area contributed by atoms with Gasteiger partial charge in [-0.1, -0.05) is 0 Å². The van der Waals surface area contributed by atoms with Gasteiger partial charge in [-0.15, -0.1) is 10.2 Å². The van der Waals surface area contributed by atoms with E-state index in [1.807, 2.05) is 0 Å². The first-order chi connectivity index (χ1) is 6.84. The van der Waals surface area contributed by atoms with Gasteiger partial charge in [0.15, 0.2) is 5.82 Å². The summed E-state index contributed by atoms with van der Waals surface area (Å²) in [6, 6.07) is 0. The van der Waals surface area contributed by atoms with Crippen molar-refractivity contribution in [3.05, 3.63) is 5.82 Å². The van der Waals surface area contributed by atoms with Crippen LogP contribution in [0.5, 0.6) is 0 Å². The van der Waals surface area contributed by atoms with E-state index in [1.165, 1.54) is 4.80 Å². The molecular formula is C8H15N5O. The summed E-state index contributed by atoms with van der Waals surface area (Å²) >= 11 is 0. The van der Waals surface area contributed by atoms with Gasteiger partial charge in [0.1, 0.15) is 6.61 Å². The zero-order valence-corrected chi connectivity index (χ0v) is 8.31. The number of tetrazole rings is 1. The first-order valence-electron chi connectivity index (χ1n) is 4.90. The zero-order chi connectivity index (χ0) is 9.80. The van der Waals surface area contributed by atoms with E-state index in [9.17, 15) is 0 Å². The van der Waals surface area contributed by atoms with E-state index in [0.29, 0.717) is 18.5 Å². The van der Waals surface area contributed by atoms with Gasteiger partial charge in [-0.05, 0) is 31.1 Å². The highest BCUT2D eigenvalue weighted by Crippen LogP contribution is 2.08. The van der Waals surface area contributed by atoms with Crippen molar-refractivity contribution in [2.45, 2.75) is 25.6 Å². The van der Waals surface area contributed by atoms with E-state index in [2.05, 4.69) is 20.7 Å². The second kappa shape index (κ2) is 4.47. The van der Waals surface area contributed by atoms with Crippen LogP contribution < -0.4 is 5.32 Å². The summed E-state index contributed by atoms with van der Waals surface area (Å²) in [5.74, 6) is 0.658. The maximum atomic E-state index is 5.66. The summed E-state index contributed by atoms with van der Waals surface area (Å²) in [6.45, 7) is 2.55. The molecule has 14 heavy (non-hydrogen) atoms. The molecule has 1 aromatic heterocycles. The standard InChI is InChI=1S/C8H15N5O/c1-13-11-8(10-12-13)6-14-7-2-4-9-5-3-7/h7,9H,2-6H2,1H3. The summed E-state index contributed by atoms with van der Waals surface area (Å²) in [7, 11) is 1.75. The van der Waals surface area contributed by atoms with Crippen LogP contribution in [0.15, 0.2) is 0 Å². The van der Waals surface area contributed by atoms with Crippen LogP contribution in [0.3, 0.4) is 0 Å². The van der Waals surface area contributed by atoms with Gasteiger partial charge in [-0.2, -0.15) is 4.80 Å². The molecule has 1 aliphatic heterocycles. The van der Waals surface area contributed by atoms with Gasteiger partial charge in [0.25, 0.3) is 0 Å². The lowest BCUT2D eigenvalue weighted by Gasteiger charge is -2.22. The van der Waals surface area contributed by atoms with Gasteiger partial charge in [0.2, 0.25) is 0 Å². The summed E-state index contributed by atoms with van der Waals surface area (Å²) < 4.78 is 5.66. The molecule has 1 aliphatic rings. The van der Waals surface area contributed by atoms with Crippen molar-refractivity contribution in [3.63, 3.8) is 0 Å². The third-order valence-electron chi connectivity index (χ3n) is 2.28. The number of hydrogen-bond acceptors (Lipinski definition) is 5. The zero-order valence-electron chi connectivity index (χ0n) is 8.31. The number of nitrogens with one attached hydrogen (secondary N) is 1. The van der Waals surface area contributed by atoms with E-state index >= 15 is 0 Å². The van der Waals surface area contributed by atoms with Crippen molar-refractivity contribution in [1.82, 2.24) is 25.5 Å². The lowest BCUT2D eigenvalue weighted by Crippen LogP contribution is -2.32. The Morgan fingerprint density at radius 3 is 2.93 bits per heavy atom. The summed E-state index contributed by atoms with van der Waals surface area (Å²) in [6.07, 6.45) is 2.49. The Morgan fingerprint density at radius 2 is 2.29 bits per heavy atom. The molecule has 0 unspecified atom stereocenters. The maximum absolute atomic E-state index is 5.66. The second-order valence-corrected chi connectivity index (χ2v) is 3.46. The molecule has 0 spiro atoms. The number of hydrogen-bond donors (Lipinski definition) is 1. The molecule has 1 aromatic rings. The average molecular weight is 197 g/mol. The van der Waals surface area contributed by atoms with Gasteiger partial charge < -0.3 is 10.1 Å². The lowest BCUT2D eigenvalue weighted by molar-refractivity contribution is 0.0177. The molecule has 1 saturated heterocycles. The van der Waals surface area contributed by atoms with Crippen LogP contribution >= 0.6 is 0 Å². The number of rotatable bonds is 3. The molecule has 0 radical (unpaired) electrons. The summed E-state index contributed by atoms with van der Waals surface area (Å²) in [5, 5.41) is 14.9. The molecule has 2 rings (SSSR count). The van der Waals surface area contributed by atoms with Crippen molar-refractivity contribution in [3.8, 4) is 0 Å². The van der Waals surface area contributed by atoms with Crippen molar-refractivity contribution < 1.29 is 4.74 Å². The van der Waals surface area contributed by atoms with Crippen LogP contribution in [0.2, 0.25) is 0 Å². The fourth-order valence-corrected chi connectivity index (χ4v) is 1.54. The number of ether oxygens (including phenoxy) is 1. The van der Waals surface area contributed by atoms with Crippen LogP contribution in [0.4, 0.5) is 0 Å². The van der Waals surface area contributed by atoms with E-state index in [1.54, 1.807) is 7.05 Å². The molecule has 0 atom stereocenters. The van der Waals surface area contributed by atoms with E-state index in [4.69, 9.17) is 4.74 Å². The Labute approximate surface area is 82.6 Å². The Balaban J connectivity index is 1.76. The number of aromatic nitrogens is 4. The molecule has 0 aliphatic carbocycles. The van der Waals surface area contributed by atoms with Crippen molar-refractivity contribution in [1.29, 1.82) is 0 Å². The minimum atomic E-state index is 0.347. The fraction of sp³-hybridized carbons (Fsp3) is 0.875. The minimum Gasteiger partial charge on any atom is -0.370 e. The van der Waals surface area contributed by atoms with E-state index in [0.717, 1.165) is 25.9 Å². The molecule has 1 fully saturated rings. The topological polar surface area (TPSA) is 64.9 Å². The monoisotopic (exact) mass is 197 g/mol. The SMILES string of the molecule is Cn1nnc(COC2CCNCC2)n1. The third kappa shape index (κ3) is 2.49. The Morgan fingerprint density at radius 1 is 1.50 bits per heavy atom. The van der Waals surface area contributed by atoms with Crippen molar-refractivity contribution >= 4 is 0 Å². The highest BCUT2D eigenvalue weighted by atomic mass is 16.5. The molecule has 0 saturated carbocycles. The first-order valence-corrected chi connectivity index (χ1v) is 4.90. The summed E-state index contributed by atoms with van der Waals surface area (Å²) in [5.41, 5.74) is 0. The first kappa shape index (κ1) is 9.54. The van der Waals surface area contributed by atoms with Gasteiger partial charge in [0.05, 0.1) is 13.2 Å². The molecule has 2 heterocycles. The fourth-order valence-electron chi connectivity index (χ4n) is 1.54. The summed E-state index contributed by atoms with van der Waals surface area (Å²) in [4.78, 5) is 1.45. The van der Waals surface area contributed by atoms with Crippen LogP contribution in [0, 0.1) is 0 Å². The molecule has 1 N–H and O–H groups in total. The number of nitrogens with zero attached hydrogens (tertiary/aromatic N) is 4. The van der Waals surface area contributed by atoms with Gasteiger partial charge in [-0.25, -0.2) is 0 Å². The van der Waals surface area contributed by atoms with Crippen LogP contribution in [0.1, 0.15) is 18.7 Å². The predicted octanol–water partition coefficient (Wildman–Crippen LogP) is -0.521. The van der Waals surface area contributed by atoms with Gasteiger partial charge in [0, 0.05) is 0 Å². The minimum absolute atomic E-state index is 0.347. The van der Waals surface area contributed by atoms with Crippen molar-refractivity contribution in [2.75, 3.05) is 13.1 Å². The smallest absolute Gasteiger partial charge is 0.200 e. The Kier molecular flexibility index (Phi) is 3.05. The van der Waals surface area contributed by atoms with E-state index < -0.39 is 0 Å². The highest BCUT2D eigenvalue weighted by Gasteiger charge is 2.14. The molecular weight excluding hydrogens is 182 g/mol. The largest absolute Gasteiger partial charge is 0.370 e. The van der Waals surface area contributed by atoms with Crippen molar-refractivity contribution in [2.24, 2.45) is 7.05 Å². The van der Waals surface area contributed by atoms with Gasteiger partial charge >= 0.3 is 0 Å². The molecule has 6 heteroatoms. The van der Waals surface area contributed by atoms with Gasteiger partial charge in [-0.3, -0.25) is 0 Å². The van der Waals surface area contributed by atoms with Crippen LogP contribution in [0.25, 0.3) is 0 Å². The normalized spacial score (nSPS) is 18.6. The number of aryl methyl sites for hydroxylation is 1. The molecule has 78 valence electrons. The van der Waals surface area contributed by atoms with Crippen LogP contribution in [-0.2, 0) is 18.4 Å². The maximum Gasteiger partial charge on any atom is 0.200 e. The molecule has 0 aromatic carbocycles. The quantitative estimate of drug-likeness (QED) is 0.706. The molecule has 6 nitrogen and oxygen atoms in total. The van der Waals surface area contributed by atoms with E-state index in [-0.39, 0.29) is 0 Å². The Hall–Kier alpha value is -1.01. The highest BCUT2D eigenvalue weighted by molar-refractivity contribution is 4.74. The Bertz CT molecular complexity index is 281. The predicted molar refractivity (Wildman–Crippen MR) is 49.5 cm³/mol. The van der Waals surface area contributed by atoms with Crippen LogP contribution in [-0.4, -0.2) is 39.4 Å². The number of piperidine rings is 1. The average Bonchev–Trinajstić information content (AvgIpc) is 2.63. The lowest BCUT2D eigenvalue weighted by atomic mass is 10.1. The third-order valence-corrected chi connectivity index (χ3v) is 2.28. The molecule has 0 amide bonds. The molecule has 0 bridgehead atoms.